The molecule has 0 nitrogen and oxygen atoms in total. The van der Waals surface area contributed by atoms with Gasteiger partial charge >= 0.3 is 0 Å². The van der Waals surface area contributed by atoms with Gasteiger partial charge in [0.15, 0.2) is 0 Å². The Kier molecular flexibility index (Phi) is 1.00. The topological polar surface area (TPSA) is 0 Å². The average Bonchev–Trinajstić information content (AvgIpc) is 1.16. The van der Waals surface area contributed by atoms with Crippen molar-refractivity contribution in [1.82, 2.24) is 0 Å². The lowest BCUT2D eigenvalue weighted by Crippen LogP contribution is -2.25. The lowest BCUT2D eigenvalue weighted by molar-refractivity contribution is -0.0190. The van der Waals surface area contributed by atoms with Gasteiger partial charge in [0, 0.05) is 13.3 Å². The van der Waals surface area contributed by atoms with E-state index in [2.05, 4.69) is 11.8 Å². The molecule has 0 aromatic rings. The molecule has 0 saturated heterocycles. The lowest BCUT2D eigenvalue weighted by atomic mass is 9.93. The Morgan fingerprint density at radius 1 is 1.62 bits per heavy atom. The van der Waals surface area contributed by atoms with Crippen LogP contribution in [0.15, 0.2) is 0 Å². The molecule has 0 saturated carbocycles. The fourth-order valence-corrected chi connectivity index (χ4v) is 0.510. The zero-order valence-corrected chi connectivity index (χ0v) is 4.54. The summed E-state index contributed by atoms with van der Waals surface area (Å²) in [5.74, 6) is 1.68. The molecule has 2 heteroatoms. The molecule has 0 spiro atoms. The Morgan fingerprint density at radius 2 is 2.12 bits per heavy atom. The molecule has 0 heterocycles. The van der Waals surface area contributed by atoms with Crippen LogP contribution in [0, 0.1) is 17.8 Å². The second kappa shape index (κ2) is 1.45. The van der Waals surface area contributed by atoms with Crippen molar-refractivity contribution in [2.45, 2.75) is 19.3 Å². The van der Waals surface area contributed by atoms with Gasteiger partial charge in [0.1, 0.15) is 0 Å². The highest BCUT2D eigenvalue weighted by Gasteiger charge is 2.34. The Labute approximate surface area is 46.9 Å². The molecular weight excluding hydrogens is 110 g/mol. The second-order valence-corrected chi connectivity index (χ2v) is 2.03. The van der Waals surface area contributed by atoms with Gasteiger partial charge in [-0.3, -0.25) is 0 Å². The van der Waals surface area contributed by atoms with Crippen LogP contribution in [0.25, 0.3) is 0 Å². The van der Waals surface area contributed by atoms with Crippen molar-refractivity contribution in [1.29, 1.82) is 0 Å². The van der Waals surface area contributed by atoms with E-state index in [4.69, 9.17) is 0 Å². The first-order valence-corrected chi connectivity index (χ1v) is 2.47. The van der Waals surface area contributed by atoms with E-state index in [-0.39, 0.29) is 0 Å². The van der Waals surface area contributed by atoms with Gasteiger partial charge in [-0.25, -0.2) is 8.78 Å². The highest BCUT2D eigenvalue weighted by molar-refractivity contribution is 5.19. The van der Waals surface area contributed by atoms with Crippen molar-refractivity contribution in [2.24, 2.45) is 5.92 Å². The van der Waals surface area contributed by atoms with Gasteiger partial charge in [0.25, 0.3) is 5.92 Å². The molecule has 0 amide bonds. The first-order chi connectivity index (χ1) is 3.61. The van der Waals surface area contributed by atoms with E-state index in [1.807, 2.05) is 0 Å². The third kappa shape index (κ3) is 0.812. The monoisotopic (exact) mass is 116 g/mol. The Hall–Kier alpha value is -0.580. The first kappa shape index (κ1) is 5.55. The van der Waals surface area contributed by atoms with Crippen LogP contribution in [-0.4, -0.2) is 5.92 Å². The summed E-state index contributed by atoms with van der Waals surface area (Å²) in [6, 6.07) is 0. The molecule has 0 N–H and O–H groups in total. The van der Waals surface area contributed by atoms with Gasteiger partial charge < -0.3 is 0 Å². The van der Waals surface area contributed by atoms with Gasteiger partial charge in [0.05, 0.1) is 5.92 Å². The average molecular weight is 116 g/mol. The zero-order valence-electron chi connectivity index (χ0n) is 4.54. The molecule has 44 valence electrons. The van der Waals surface area contributed by atoms with Crippen LogP contribution in [-0.2, 0) is 0 Å². The van der Waals surface area contributed by atoms with Gasteiger partial charge in [0.2, 0.25) is 0 Å². The van der Waals surface area contributed by atoms with Crippen molar-refractivity contribution in [3.8, 4) is 11.8 Å². The molecule has 8 heavy (non-hydrogen) atoms. The molecule has 0 aliphatic heterocycles. The van der Waals surface area contributed by atoms with E-state index in [1.165, 1.54) is 0 Å². The predicted octanol–water partition coefficient (Wildman–Crippen LogP) is 1.66. The maximum atomic E-state index is 12.1. The van der Waals surface area contributed by atoms with Crippen LogP contribution in [0.3, 0.4) is 0 Å². The summed E-state index contributed by atoms with van der Waals surface area (Å²) in [6.45, 7) is 0.908. The molecule has 1 aliphatic carbocycles. The normalized spacial score (nSPS) is 25.6. The van der Waals surface area contributed by atoms with Crippen molar-refractivity contribution in [2.75, 3.05) is 0 Å². The standard InChI is InChI=1S/C6H6F2/c1-6(7,8)5-3-2-4-5/h5H,3H2,1H3. The smallest absolute Gasteiger partial charge is 0.206 e. The summed E-state index contributed by atoms with van der Waals surface area (Å²) >= 11 is 0. The number of alkyl halides is 2. The van der Waals surface area contributed by atoms with Crippen molar-refractivity contribution in [3.05, 3.63) is 0 Å². The predicted molar refractivity (Wildman–Crippen MR) is 26.5 cm³/mol. The molecule has 0 aromatic carbocycles. The molecule has 1 aliphatic rings. The van der Waals surface area contributed by atoms with Crippen LogP contribution in [0.1, 0.15) is 13.3 Å². The van der Waals surface area contributed by atoms with Gasteiger partial charge in [-0.05, 0) is 0 Å². The van der Waals surface area contributed by atoms with Gasteiger partial charge in [-0.2, -0.15) is 0 Å². The van der Waals surface area contributed by atoms with Crippen LogP contribution >= 0.6 is 0 Å². The van der Waals surface area contributed by atoms with E-state index < -0.39 is 11.8 Å². The summed E-state index contributed by atoms with van der Waals surface area (Å²) in [7, 11) is 0. The Bertz CT molecular complexity index is 144. The van der Waals surface area contributed by atoms with Crippen molar-refractivity contribution in [3.63, 3.8) is 0 Å². The van der Waals surface area contributed by atoms with Crippen LogP contribution < -0.4 is 0 Å². The largest absolute Gasteiger partial charge is 0.259 e. The van der Waals surface area contributed by atoms with Crippen LogP contribution in [0.2, 0.25) is 0 Å². The maximum Gasteiger partial charge on any atom is 0.259 e. The fraction of sp³-hybridized carbons (Fsp3) is 0.667. The highest BCUT2D eigenvalue weighted by Crippen LogP contribution is 2.28. The summed E-state index contributed by atoms with van der Waals surface area (Å²) in [5, 5.41) is 0. The number of hydrogen-bond donors (Lipinski definition) is 0. The lowest BCUT2D eigenvalue weighted by Gasteiger charge is -2.19. The molecule has 0 aromatic heterocycles. The molecule has 0 radical (unpaired) electrons. The Balaban J connectivity index is 2.53. The zero-order chi connectivity index (χ0) is 6.20. The summed E-state index contributed by atoms with van der Waals surface area (Å²) in [6.07, 6.45) is 0.365. The highest BCUT2D eigenvalue weighted by atomic mass is 19.3. The van der Waals surface area contributed by atoms with Gasteiger partial charge in [-0.1, -0.05) is 5.92 Å². The quantitative estimate of drug-likeness (QED) is 0.457. The minimum atomic E-state index is -2.58. The number of halogens is 2. The van der Waals surface area contributed by atoms with E-state index in [1.54, 1.807) is 0 Å². The molecule has 0 bridgehead atoms. The Morgan fingerprint density at radius 3 is 2.12 bits per heavy atom. The molecular formula is C6H6F2. The molecule has 1 rings (SSSR count). The summed E-state index contributed by atoms with van der Waals surface area (Å²) in [4.78, 5) is 0. The number of hydrogen-bond acceptors (Lipinski definition) is 0. The van der Waals surface area contributed by atoms with Crippen LogP contribution in [0.4, 0.5) is 8.78 Å². The van der Waals surface area contributed by atoms with Crippen molar-refractivity contribution < 1.29 is 8.78 Å². The minimum absolute atomic E-state index is 0.365. The van der Waals surface area contributed by atoms with E-state index in [9.17, 15) is 8.78 Å². The maximum absolute atomic E-state index is 12.1. The summed E-state index contributed by atoms with van der Waals surface area (Å²) in [5.41, 5.74) is 0. The van der Waals surface area contributed by atoms with E-state index in [0.717, 1.165) is 6.92 Å². The minimum Gasteiger partial charge on any atom is -0.206 e. The molecule has 1 unspecified atom stereocenters. The number of rotatable bonds is 1. The third-order valence-electron chi connectivity index (χ3n) is 1.19. The van der Waals surface area contributed by atoms with Crippen molar-refractivity contribution >= 4 is 0 Å². The SMILES string of the molecule is CC(F)(F)C1C#CC1. The third-order valence-corrected chi connectivity index (χ3v) is 1.19. The van der Waals surface area contributed by atoms with Gasteiger partial charge in [-0.15, -0.1) is 5.92 Å². The second-order valence-electron chi connectivity index (χ2n) is 2.03. The van der Waals surface area contributed by atoms with Crippen LogP contribution in [0.5, 0.6) is 0 Å². The molecule has 1 atom stereocenters. The van der Waals surface area contributed by atoms with E-state index >= 15 is 0 Å². The summed E-state index contributed by atoms with van der Waals surface area (Å²) < 4.78 is 24.1. The first-order valence-electron chi connectivity index (χ1n) is 2.47. The fourth-order valence-electron chi connectivity index (χ4n) is 0.510. The molecule has 0 fully saturated rings. The van der Waals surface area contributed by atoms with E-state index in [0.29, 0.717) is 6.42 Å².